The molecule has 16 heterocycles. The Balaban J connectivity index is 0.000000133. The highest BCUT2D eigenvalue weighted by Crippen LogP contribution is 2.43. The Bertz CT molecular complexity index is 8520. The van der Waals surface area contributed by atoms with Gasteiger partial charge in [0.1, 0.15) is 51.7 Å². The third-order valence-corrected chi connectivity index (χ3v) is 31.6. The van der Waals surface area contributed by atoms with Gasteiger partial charge in [-0.05, 0) is 220 Å². The van der Waals surface area contributed by atoms with E-state index in [1.54, 1.807) is 138 Å². The fraction of sp³-hybridized carbons (Fsp3) is 0.365. The van der Waals surface area contributed by atoms with Crippen LogP contribution in [0, 0.1) is 52.2 Å². The molecule has 0 bridgehead atoms. The van der Waals surface area contributed by atoms with Crippen LogP contribution in [0.4, 0.5) is 17.6 Å². The molecule has 1 saturated heterocycles. The van der Waals surface area contributed by atoms with E-state index < -0.39 is 72.8 Å². The molecular weight excluding hydrogens is 2030 g/mol. The summed E-state index contributed by atoms with van der Waals surface area (Å²) in [4.78, 5) is 96.7. The molecule has 5 N–H and O–H groups in total. The van der Waals surface area contributed by atoms with Crippen molar-refractivity contribution in [3.8, 4) is 91.4 Å². The first-order valence-corrected chi connectivity index (χ1v) is 58.1. The number of fused-ring (bicyclic) bond motifs is 5. The predicted molar refractivity (Wildman–Crippen MR) is 556 cm³/mol. The number of nitrogens with one attached hydrogen (secondary N) is 5. The van der Waals surface area contributed by atoms with Gasteiger partial charge in [-0.3, -0.25) is 24.0 Å². The number of aryl methyl sites for hydroxylation is 5. The number of halogens is 4. The number of ether oxygens (including phenoxy) is 6. The van der Waals surface area contributed by atoms with Crippen LogP contribution in [0.2, 0.25) is 0 Å². The molecule has 149 heavy (non-hydrogen) atoms. The van der Waals surface area contributed by atoms with E-state index in [4.69, 9.17) is 28.4 Å². The smallest absolute Gasteiger partial charge is 0.272 e. The van der Waals surface area contributed by atoms with Gasteiger partial charge in [0.25, 0.3) is 27.8 Å². The molecule has 4 fully saturated rings. The van der Waals surface area contributed by atoms with Gasteiger partial charge in [0, 0.05) is 155 Å². The van der Waals surface area contributed by atoms with Crippen molar-refractivity contribution in [1.82, 2.24) is 71.8 Å². The SMILES string of the molecule is CCS(=O)(=O)Cc1cnc(OC2CCC(F)(F)CC2)c(-c2cc(C)c3c(=O)[nH]ccn23)c1.CCS(=O)(=O)Cc1cnc(Oc2ccc(F)cc2F)c(-c2cc(C)c3c(=O)[nH]ccn23)c1.Cc1cc(-c2cc(CS(C)(=O)=O)cnc2OC2CCCCC2)n2cc[nH]c(=O)c12.Cc1cc(-c2cc(CS(C)(=O)=O)cnc2OC2CCOCC2)n2cc[nH]c(=O)c12.Cc1cc(-c2cc(CS(C)(=O)=O)cnc2OCC2CC2)n2cc[nH]c(=O)c12. The normalized spacial score (nSPS) is 14.9. The average Bonchev–Trinajstić information content (AvgIpc) is 1.65. The highest BCUT2D eigenvalue weighted by atomic mass is 32.2. The van der Waals surface area contributed by atoms with E-state index >= 15 is 0 Å². The average molecular weight is 2150 g/mol. The third-order valence-electron chi connectivity index (χ3n) is 25.7. The number of pyridine rings is 5. The van der Waals surface area contributed by atoms with Crippen LogP contribution in [0.3, 0.4) is 0 Å². The van der Waals surface area contributed by atoms with Crippen LogP contribution in [-0.4, -0.2) is 188 Å². The number of hydrogen-bond donors (Lipinski definition) is 5. The third kappa shape index (κ3) is 26.4. The first-order valence-electron chi connectivity index (χ1n) is 48.3. The number of aromatic amines is 5. The topological polar surface area (TPSA) is 477 Å². The summed E-state index contributed by atoms with van der Waals surface area (Å²) in [5.41, 5.74) is 14.2. The maximum absolute atomic E-state index is 14.2. The molecule has 0 unspecified atom stereocenters. The number of aromatic nitrogens is 15. The molecule has 0 spiro atoms. The van der Waals surface area contributed by atoms with Crippen molar-refractivity contribution in [3.63, 3.8) is 0 Å². The molecule has 36 nitrogen and oxygen atoms in total. The minimum Gasteiger partial charge on any atom is -0.477 e. The van der Waals surface area contributed by atoms with E-state index in [9.17, 15) is 83.6 Å². The van der Waals surface area contributed by atoms with Crippen molar-refractivity contribution in [2.45, 2.75) is 185 Å². The van der Waals surface area contributed by atoms with Crippen molar-refractivity contribution in [2.24, 2.45) is 5.92 Å². The highest BCUT2D eigenvalue weighted by molar-refractivity contribution is 7.91. The molecule has 16 aromatic rings. The summed E-state index contributed by atoms with van der Waals surface area (Å²) in [7, 11) is -16.3. The number of nitrogens with zero attached hydrogens (tertiary/aromatic N) is 10. The van der Waals surface area contributed by atoms with Crippen molar-refractivity contribution in [1.29, 1.82) is 0 Å². The zero-order valence-electron chi connectivity index (χ0n) is 83.3. The molecule has 3 saturated carbocycles. The van der Waals surface area contributed by atoms with Crippen LogP contribution < -0.4 is 51.5 Å². The first kappa shape index (κ1) is 108. The summed E-state index contributed by atoms with van der Waals surface area (Å²) in [5, 5.41) is 0. The molecule has 0 amide bonds. The van der Waals surface area contributed by atoms with Gasteiger partial charge in [0.15, 0.2) is 60.8 Å². The molecule has 0 radical (unpaired) electrons. The Kier molecular flexibility index (Phi) is 32.3. The number of H-pyrrole nitrogens is 5. The summed E-state index contributed by atoms with van der Waals surface area (Å²) in [6, 6.07) is 20.8. The number of sulfone groups is 5. The van der Waals surface area contributed by atoms with Crippen molar-refractivity contribution < 1.29 is 88.1 Å². The maximum Gasteiger partial charge on any atom is 0.272 e. The van der Waals surface area contributed by atoms with Crippen LogP contribution in [0.5, 0.6) is 35.1 Å². The second-order valence-electron chi connectivity index (χ2n) is 38.1. The van der Waals surface area contributed by atoms with Gasteiger partial charge in [0.05, 0.1) is 105 Å². The summed E-state index contributed by atoms with van der Waals surface area (Å²) < 4.78 is 218. The number of hydrogen-bond acceptors (Lipinski definition) is 26. The van der Waals surface area contributed by atoms with Crippen LogP contribution in [0.15, 0.2) is 196 Å². The van der Waals surface area contributed by atoms with Crippen LogP contribution >= 0.6 is 0 Å². The van der Waals surface area contributed by atoms with Crippen molar-refractivity contribution in [2.75, 3.05) is 50.1 Å². The van der Waals surface area contributed by atoms with Crippen LogP contribution in [0.25, 0.3) is 83.9 Å². The molecule has 45 heteroatoms. The zero-order chi connectivity index (χ0) is 107. The Morgan fingerprint density at radius 2 is 0.671 bits per heavy atom. The van der Waals surface area contributed by atoms with Gasteiger partial charge < -0.3 is 75.3 Å². The van der Waals surface area contributed by atoms with Gasteiger partial charge in [-0.1, -0.05) is 20.3 Å². The summed E-state index contributed by atoms with van der Waals surface area (Å²) >= 11 is 0. The molecule has 1 aromatic carbocycles. The molecule has 4 aliphatic rings. The number of rotatable bonds is 28. The minimum atomic E-state index is -3.34. The Labute approximate surface area is 854 Å². The van der Waals surface area contributed by atoms with E-state index in [1.165, 1.54) is 56.2 Å². The van der Waals surface area contributed by atoms with E-state index in [1.807, 2.05) is 55.5 Å². The Hall–Kier alpha value is -14.2. The fourth-order valence-corrected chi connectivity index (χ4v) is 22.4. The quantitative estimate of drug-likeness (QED) is 0.0284. The fourth-order valence-electron chi connectivity index (χ4n) is 18.4. The van der Waals surface area contributed by atoms with Gasteiger partial charge in [0.2, 0.25) is 35.3 Å². The van der Waals surface area contributed by atoms with Crippen molar-refractivity contribution >= 4 is 76.8 Å². The van der Waals surface area contributed by atoms with Gasteiger partial charge in [-0.25, -0.2) is 84.6 Å². The first-order chi connectivity index (χ1) is 70.7. The summed E-state index contributed by atoms with van der Waals surface area (Å²) in [6.45, 7) is 14.2. The minimum absolute atomic E-state index is 0.000583. The molecule has 3 aliphatic carbocycles. The van der Waals surface area contributed by atoms with Crippen molar-refractivity contribution in [3.05, 3.63) is 291 Å². The second kappa shape index (κ2) is 44.7. The summed E-state index contributed by atoms with van der Waals surface area (Å²) in [5.74, 6) is -3.22. The lowest BCUT2D eigenvalue weighted by atomic mass is 9.94. The van der Waals surface area contributed by atoms with E-state index in [0.29, 0.717) is 150 Å². The van der Waals surface area contributed by atoms with Gasteiger partial charge in [-0.15, -0.1) is 0 Å². The Morgan fingerprint density at radius 3 is 0.987 bits per heavy atom. The molecule has 1 aliphatic heterocycles. The monoisotopic (exact) mass is 2140 g/mol. The zero-order valence-corrected chi connectivity index (χ0v) is 87.4. The summed E-state index contributed by atoms with van der Waals surface area (Å²) in [6.07, 6.45) is 36.3. The second-order valence-corrected chi connectivity index (χ2v) is 49.2. The lowest BCUT2D eigenvalue weighted by Gasteiger charge is -2.28. The predicted octanol–water partition coefficient (Wildman–Crippen LogP) is 15.6. The van der Waals surface area contributed by atoms with Crippen LogP contribution in [-0.2, 0) is 82.7 Å². The number of benzene rings is 1. The Morgan fingerprint density at radius 1 is 0.376 bits per heavy atom. The van der Waals surface area contributed by atoms with E-state index in [2.05, 4.69) is 49.8 Å². The molecular formula is C104H113F4N15O21S5. The lowest BCUT2D eigenvalue weighted by molar-refractivity contribution is -0.0587. The standard InChI is InChI=1S/C22H25F2N3O4S.C22H19F2N3O4S.C21H25N3O4S.C20H23N3O5S.C19H21N3O4S/c1-3-32(29,30)13-15-11-17(18-10-14(2)19-20(28)25-8-9-27(18)19)21(26-12-15)31-16-4-6-22(23,24)7-5-16;1-3-32(29,30)12-14-9-16(18-8-13(2)20-21(28)25-6-7-27(18)20)22(26-11-14)31-19-5-4-15(23)10-17(19)24;1-14-10-18(24-9-8-22-20(25)19(14)24)17-11-15(13-29(2,26)27)12-23-21(17)28-16-6-4-3-5-7-16;1-13-9-17(23-6-5-21-19(24)18(13)23)16-10-14(12-29(2,25)26)11-22-20(16)28-15-3-7-27-8-4-15;1-12-7-16(22-6-5-20-18(23)17(12)22)15-8-14(11-27(2,24)25)9-21-19(15)26-10-13-3-4-13/h8-12,16H,3-7,13H2,1-2H3,(H,25,28);4-11H,3,12H2,1-2H3,(H,25,28);8-12,16H,3-7,13H2,1-2H3,(H,22,25);5-6,9-11,15H,3-4,7-8,12H2,1-2H3,(H,21,24);5-9,13H,3-4,10-11H2,1-2H3,(H,20,23). The maximum atomic E-state index is 14.2. The van der Waals surface area contributed by atoms with Crippen LogP contribution in [0.1, 0.15) is 153 Å². The lowest BCUT2D eigenvalue weighted by Crippen LogP contribution is -2.31. The molecule has 20 rings (SSSR count). The van der Waals surface area contributed by atoms with E-state index in [-0.39, 0.29) is 123 Å². The molecule has 15 aromatic heterocycles. The van der Waals surface area contributed by atoms with Gasteiger partial charge in [-0.2, -0.15) is 0 Å². The van der Waals surface area contributed by atoms with Gasteiger partial charge >= 0.3 is 0 Å². The largest absolute Gasteiger partial charge is 0.477 e. The highest BCUT2D eigenvalue weighted by Gasteiger charge is 2.37. The number of alkyl halides is 2. The molecule has 0 atom stereocenters. The van der Waals surface area contributed by atoms with E-state index in [0.717, 1.165) is 103 Å². The molecule has 788 valence electrons.